The SMILES string of the molecule is CSCCC(N)C(=O)NC(C(=O)NC(Cc1ccccc1)C(=O)NC(CCCN=C(N)N)C(=O)O)C(C)C. The van der Waals surface area contributed by atoms with E-state index in [1.807, 2.05) is 12.3 Å². The van der Waals surface area contributed by atoms with Gasteiger partial charge < -0.3 is 38.3 Å². The second kappa shape index (κ2) is 17.2. The van der Waals surface area contributed by atoms with Gasteiger partial charge in [0.05, 0.1) is 6.04 Å². The maximum atomic E-state index is 13.3. The summed E-state index contributed by atoms with van der Waals surface area (Å²) in [6, 6.07) is 4.99. The topological polar surface area (TPSA) is 215 Å². The average molecular weight is 552 g/mol. The lowest BCUT2D eigenvalue weighted by atomic mass is 10.00. The fourth-order valence-electron chi connectivity index (χ4n) is 3.53. The van der Waals surface area contributed by atoms with E-state index in [2.05, 4.69) is 20.9 Å². The van der Waals surface area contributed by atoms with Crippen LogP contribution in [0.4, 0.5) is 0 Å². The zero-order valence-electron chi connectivity index (χ0n) is 22.2. The highest BCUT2D eigenvalue weighted by atomic mass is 32.2. The molecule has 3 amide bonds. The van der Waals surface area contributed by atoms with Crippen LogP contribution in [0.3, 0.4) is 0 Å². The number of carbonyl (C=O) groups excluding carboxylic acids is 3. The van der Waals surface area contributed by atoms with Crippen molar-refractivity contribution in [2.45, 2.75) is 63.7 Å². The van der Waals surface area contributed by atoms with Crippen molar-refractivity contribution in [2.24, 2.45) is 28.1 Å². The van der Waals surface area contributed by atoms with Crippen molar-refractivity contribution in [2.75, 3.05) is 18.6 Å². The van der Waals surface area contributed by atoms with E-state index in [0.717, 1.165) is 5.56 Å². The molecule has 12 nitrogen and oxygen atoms in total. The van der Waals surface area contributed by atoms with Crippen LogP contribution >= 0.6 is 11.8 Å². The van der Waals surface area contributed by atoms with Gasteiger partial charge in [-0.1, -0.05) is 44.2 Å². The molecule has 0 radical (unpaired) electrons. The van der Waals surface area contributed by atoms with Gasteiger partial charge in [0.2, 0.25) is 17.7 Å². The molecule has 0 heterocycles. The number of rotatable bonds is 17. The molecule has 0 bridgehead atoms. The third-order valence-corrected chi connectivity index (χ3v) is 6.34. The predicted octanol–water partition coefficient (Wildman–Crippen LogP) is -0.442. The lowest BCUT2D eigenvalue weighted by Crippen LogP contribution is -2.58. The quantitative estimate of drug-likeness (QED) is 0.0757. The molecule has 0 fully saturated rings. The Balaban J connectivity index is 3.04. The molecule has 1 aromatic carbocycles. The fourth-order valence-corrected chi connectivity index (χ4v) is 4.01. The molecule has 1 aromatic rings. The van der Waals surface area contributed by atoms with Crippen LogP contribution in [0.25, 0.3) is 0 Å². The van der Waals surface area contributed by atoms with E-state index in [1.54, 1.807) is 49.9 Å². The third kappa shape index (κ3) is 12.3. The number of nitrogens with one attached hydrogen (secondary N) is 3. The largest absolute Gasteiger partial charge is 0.480 e. The smallest absolute Gasteiger partial charge is 0.326 e. The highest BCUT2D eigenvalue weighted by Gasteiger charge is 2.31. The van der Waals surface area contributed by atoms with Gasteiger partial charge in [0, 0.05) is 13.0 Å². The Morgan fingerprint density at radius 2 is 1.58 bits per heavy atom. The summed E-state index contributed by atoms with van der Waals surface area (Å²) in [6.45, 7) is 3.74. The zero-order chi connectivity index (χ0) is 28.7. The summed E-state index contributed by atoms with van der Waals surface area (Å²) in [7, 11) is 0. The van der Waals surface area contributed by atoms with Gasteiger partial charge >= 0.3 is 5.97 Å². The van der Waals surface area contributed by atoms with E-state index in [-0.39, 0.29) is 31.3 Å². The van der Waals surface area contributed by atoms with Gasteiger partial charge in [-0.2, -0.15) is 11.8 Å². The van der Waals surface area contributed by atoms with Crippen LogP contribution in [0, 0.1) is 5.92 Å². The van der Waals surface area contributed by atoms with Crippen LogP contribution in [0.15, 0.2) is 35.3 Å². The number of hydrogen-bond acceptors (Lipinski definition) is 7. The molecule has 13 heteroatoms. The number of guanidine groups is 1. The van der Waals surface area contributed by atoms with E-state index < -0.39 is 47.9 Å². The molecule has 0 aliphatic carbocycles. The van der Waals surface area contributed by atoms with Crippen LogP contribution in [0.2, 0.25) is 0 Å². The molecule has 1 rings (SSSR count). The third-order valence-electron chi connectivity index (χ3n) is 5.69. The molecule has 4 atom stereocenters. The molecule has 0 saturated heterocycles. The number of carbonyl (C=O) groups is 4. The standard InChI is InChI=1S/C25H41N7O5S/c1-15(2)20(32-21(33)17(26)11-13-38-3)23(35)31-19(14-16-8-5-4-6-9-16)22(34)30-18(24(36)37)10-7-12-29-25(27)28/h4-6,8-9,15,17-20H,7,10-14,26H2,1-3H3,(H,30,34)(H,31,35)(H,32,33)(H,36,37)(H4,27,28,29). The van der Waals surface area contributed by atoms with E-state index in [0.29, 0.717) is 18.6 Å². The van der Waals surface area contributed by atoms with E-state index in [9.17, 15) is 24.3 Å². The summed E-state index contributed by atoms with van der Waals surface area (Å²) in [4.78, 5) is 54.6. The number of carboxylic acids is 1. The Hall–Kier alpha value is -3.32. The molecule has 0 spiro atoms. The van der Waals surface area contributed by atoms with Gasteiger partial charge in [-0.3, -0.25) is 19.4 Å². The molecule has 38 heavy (non-hydrogen) atoms. The predicted molar refractivity (Wildman–Crippen MR) is 149 cm³/mol. The van der Waals surface area contributed by atoms with E-state index in [1.165, 1.54) is 0 Å². The summed E-state index contributed by atoms with van der Waals surface area (Å²) >= 11 is 1.56. The first kappa shape index (κ1) is 32.7. The molecular formula is C25H41N7O5S. The maximum Gasteiger partial charge on any atom is 0.326 e. The first-order valence-electron chi connectivity index (χ1n) is 12.4. The number of thioether (sulfide) groups is 1. The fraction of sp³-hybridized carbons (Fsp3) is 0.560. The van der Waals surface area contributed by atoms with Crippen molar-refractivity contribution < 1.29 is 24.3 Å². The Bertz CT molecular complexity index is 941. The Labute approximate surface area is 227 Å². The van der Waals surface area contributed by atoms with E-state index in [4.69, 9.17) is 17.2 Å². The first-order chi connectivity index (χ1) is 18.0. The molecule has 10 N–H and O–H groups in total. The monoisotopic (exact) mass is 551 g/mol. The van der Waals surface area contributed by atoms with E-state index >= 15 is 0 Å². The zero-order valence-corrected chi connectivity index (χ0v) is 23.0. The van der Waals surface area contributed by atoms with Crippen LogP contribution in [0.1, 0.15) is 38.7 Å². The normalized spacial score (nSPS) is 14.0. The highest BCUT2D eigenvalue weighted by molar-refractivity contribution is 7.98. The number of carboxylic acid groups (broad SMARTS) is 1. The maximum absolute atomic E-state index is 13.3. The number of amides is 3. The van der Waals surface area contributed by atoms with Gasteiger partial charge in [0.1, 0.15) is 18.1 Å². The lowest BCUT2D eigenvalue weighted by molar-refractivity contribution is -0.142. The van der Waals surface area contributed by atoms with Gasteiger partial charge in [-0.15, -0.1) is 0 Å². The van der Waals surface area contributed by atoms with Crippen LogP contribution in [-0.2, 0) is 25.6 Å². The number of nitrogens with two attached hydrogens (primary N) is 3. The number of hydrogen-bond donors (Lipinski definition) is 7. The van der Waals surface area contributed by atoms with Crippen molar-refractivity contribution in [3.05, 3.63) is 35.9 Å². The minimum absolute atomic E-state index is 0.0858. The second-order valence-electron chi connectivity index (χ2n) is 9.22. The van der Waals surface area contributed by atoms with Crippen LogP contribution in [-0.4, -0.2) is 77.5 Å². The number of nitrogens with zero attached hydrogens (tertiary/aromatic N) is 1. The van der Waals surface area contributed by atoms with Crippen molar-refractivity contribution in [3.63, 3.8) is 0 Å². The first-order valence-corrected chi connectivity index (χ1v) is 13.8. The Morgan fingerprint density at radius 3 is 2.13 bits per heavy atom. The average Bonchev–Trinajstić information content (AvgIpc) is 2.86. The summed E-state index contributed by atoms with van der Waals surface area (Å²) in [5.41, 5.74) is 17.3. The Morgan fingerprint density at radius 1 is 0.947 bits per heavy atom. The molecule has 0 aromatic heterocycles. The van der Waals surface area contributed by atoms with Crippen molar-refractivity contribution in [3.8, 4) is 0 Å². The lowest BCUT2D eigenvalue weighted by Gasteiger charge is -2.27. The molecule has 4 unspecified atom stereocenters. The molecule has 0 aliphatic heterocycles. The highest BCUT2D eigenvalue weighted by Crippen LogP contribution is 2.09. The van der Waals surface area contributed by atoms with Crippen LogP contribution in [0.5, 0.6) is 0 Å². The minimum Gasteiger partial charge on any atom is -0.480 e. The van der Waals surface area contributed by atoms with Crippen molar-refractivity contribution in [1.82, 2.24) is 16.0 Å². The second-order valence-corrected chi connectivity index (χ2v) is 10.2. The van der Waals surface area contributed by atoms with Crippen molar-refractivity contribution >= 4 is 41.4 Å². The minimum atomic E-state index is -1.22. The molecule has 0 aliphatic rings. The summed E-state index contributed by atoms with van der Waals surface area (Å²) in [6.07, 6.45) is 2.89. The van der Waals surface area contributed by atoms with Gasteiger partial charge in [0.25, 0.3) is 0 Å². The van der Waals surface area contributed by atoms with Crippen molar-refractivity contribution in [1.29, 1.82) is 0 Å². The number of benzene rings is 1. The molecular weight excluding hydrogens is 510 g/mol. The summed E-state index contributed by atoms with van der Waals surface area (Å²) in [5, 5.41) is 17.5. The Kier molecular flexibility index (Phi) is 14.8. The van der Waals surface area contributed by atoms with Gasteiger partial charge in [-0.05, 0) is 42.8 Å². The number of aliphatic carboxylic acids is 1. The van der Waals surface area contributed by atoms with Crippen LogP contribution < -0.4 is 33.2 Å². The molecule has 212 valence electrons. The summed E-state index contributed by atoms with van der Waals surface area (Å²) in [5.74, 6) is -2.62. The molecule has 0 saturated carbocycles. The summed E-state index contributed by atoms with van der Waals surface area (Å²) < 4.78 is 0. The van der Waals surface area contributed by atoms with Gasteiger partial charge in [0.15, 0.2) is 5.96 Å². The van der Waals surface area contributed by atoms with Gasteiger partial charge in [-0.25, -0.2) is 4.79 Å². The number of aliphatic imine (C=N–C) groups is 1.